The number of ether oxygens (including phenoxy) is 3. The molecule has 0 aliphatic rings. The van der Waals surface area contributed by atoms with E-state index in [9.17, 15) is 14.9 Å². The minimum absolute atomic E-state index is 0.0432. The van der Waals surface area contributed by atoms with Crippen LogP contribution in [0.25, 0.3) is 11.0 Å². The van der Waals surface area contributed by atoms with Gasteiger partial charge in [0.1, 0.15) is 0 Å². The van der Waals surface area contributed by atoms with Gasteiger partial charge in [-0.1, -0.05) is 23.5 Å². The fraction of sp³-hybridized carbons (Fsp3) is 0.190. The Morgan fingerprint density at radius 1 is 1.12 bits per heavy atom. The smallest absolute Gasteiger partial charge is 0.291 e. The Morgan fingerprint density at radius 3 is 2.44 bits per heavy atom. The number of methoxy groups -OCH3 is 3. The average molecular weight is 454 g/mol. The molecule has 0 saturated heterocycles. The summed E-state index contributed by atoms with van der Waals surface area (Å²) in [5, 5.41) is 15.3. The van der Waals surface area contributed by atoms with Crippen molar-refractivity contribution in [1.82, 2.24) is 14.6 Å². The van der Waals surface area contributed by atoms with Crippen molar-refractivity contribution in [2.45, 2.75) is 6.42 Å². The van der Waals surface area contributed by atoms with E-state index in [4.69, 9.17) is 14.2 Å². The van der Waals surface area contributed by atoms with Gasteiger partial charge in [0.25, 0.3) is 11.2 Å². The van der Waals surface area contributed by atoms with Gasteiger partial charge >= 0.3 is 0 Å². The minimum Gasteiger partial charge on any atom is -0.493 e. The van der Waals surface area contributed by atoms with Crippen molar-refractivity contribution < 1.29 is 19.1 Å². The first-order valence-electron chi connectivity index (χ1n) is 9.37. The summed E-state index contributed by atoms with van der Waals surface area (Å²) in [5.41, 5.74) is 1.01. The highest BCUT2D eigenvalue weighted by Gasteiger charge is 2.16. The SMILES string of the molecule is COc1cc(Cc2nc3s/c(=C\c4cccc([N+](=O)[O-])c4)c(=O)n3n2)cc(OC)c1OC. The second-order valence-corrected chi connectivity index (χ2v) is 7.71. The zero-order valence-corrected chi connectivity index (χ0v) is 18.2. The van der Waals surface area contributed by atoms with Gasteiger partial charge in [0.15, 0.2) is 17.3 Å². The molecule has 0 saturated carbocycles. The summed E-state index contributed by atoms with van der Waals surface area (Å²) in [4.78, 5) is 28.1. The van der Waals surface area contributed by atoms with Crippen molar-refractivity contribution in [2.75, 3.05) is 21.3 Å². The summed E-state index contributed by atoms with van der Waals surface area (Å²) in [7, 11) is 4.60. The van der Waals surface area contributed by atoms with E-state index < -0.39 is 4.92 Å². The highest BCUT2D eigenvalue weighted by Crippen LogP contribution is 2.38. The number of fused-ring (bicyclic) bond motifs is 1. The van der Waals surface area contributed by atoms with Crippen LogP contribution in [0.4, 0.5) is 5.69 Å². The van der Waals surface area contributed by atoms with Gasteiger partial charge in [0.05, 0.1) is 30.8 Å². The highest BCUT2D eigenvalue weighted by molar-refractivity contribution is 7.15. The summed E-state index contributed by atoms with van der Waals surface area (Å²) in [6, 6.07) is 9.67. The number of hydrogen-bond acceptors (Lipinski definition) is 9. The standard InChI is InChI=1S/C21H18N4O6S/c1-29-15-8-13(9-16(30-2)19(15)31-3)11-18-22-21-24(23-18)20(26)17(32-21)10-12-5-4-6-14(7-12)25(27)28/h4-10H,11H2,1-3H3/b17-10-. The third-order valence-electron chi connectivity index (χ3n) is 4.69. The van der Waals surface area contributed by atoms with E-state index in [1.807, 2.05) is 0 Å². The molecule has 164 valence electrons. The predicted molar refractivity (Wildman–Crippen MR) is 118 cm³/mol. The lowest BCUT2D eigenvalue weighted by atomic mass is 10.1. The van der Waals surface area contributed by atoms with Crippen LogP contribution in [0.2, 0.25) is 0 Å². The maximum absolute atomic E-state index is 12.8. The first-order chi connectivity index (χ1) is 15.4. The Balaban J connectivity index is 1.68. The number of nitro benzene ring substituents is 1. The second kappa shape index (κ2) is 8.63. The van der Waals surface area contributed by atoms with Gasteiger partial charge in [-0.25, -0.2) is 4.98 Å². The molecule has 0 aliphatic heterocycles. The predicted octanol–water partition coefficient (Wildman–Crippen LogP) is 2.22. The normalized spacial score (nSPS) is 11.7. The molecule has 2 aromatic heterocycles. The molecule has 11 heteroatoms. The van der Waals surface area contributed by atoms with Crippen molar-refractivity contribution in [3.05, 3.63) is 78.3 Å². The van der Waals surface area contributed by atoms with E-state index in [0.717, 1.165) is 5.56 Å². The van der Waals surface area contributed by atoms with Crippen molar-refractivity contribution in [3.8, 4) is 17.2 Å². The van der Waals surface area contributed by atoms with Gasteiger partial charge in [0, 0.05) is 18.6 Å². The Hall–Kier alpha value is -3.99. The number of benzene rings is 2. The largest absolute Gasteiger partial charge is 0.493 e. The molecule has 2 aromatic carbocycles. The highest BCUT2D eigenvalue weighted by atomic mass is 32.1. The number of nitrogens with zero attached hydrogens (tertiary/aromatic N) is 4. The summed E-state index contributed by atoms with van der Waals surface area (Å²) in [5.74, 6) is 1.98. The van der Waals surface area contributed by atoms with E-state index in [1.165, 1.54) is 49.3 Å². The first-order valence-corrected chi connectivity index (χ1v) is 10.2. The molecule has 0 aliphatic carbocycles. The molecular formula is C21H18N4O6S. The Kier molecular flexibility index (Phi) is 5.73. The van der Waals surface area contributed by atoms with Crippen LogP contribution in [-0.4, -0.2) is 40.9 Å². The molecule has 0 N–H and O–H groups in total. The number of hydrogen-bond donors (Lipinski definition) is 0. The molecule has 0 fully saturated rings. The molecule has 0 bridgehead atoms. The summed E-state index contributed by atoms with van der Waals surface area (Å²) < 4.78 is 17.7. The van der Waals surface area contributed by atoms with Gasteiger partial charge in [0.2, 0.25) is 10.7 Å². The monoisotopic (exact) mass is 454 g/mol. The van der Waals surface area contributed by atoms with Crippen molar-refractivity contribution >= 4 is 28.1 Å². The molecule has 0 radical (unpaired) electrons. The van der Waals surface area contributed by atoms with E-state index >= 15 is 0 Å². The van der Waals surface area contributed by atoms with E-state index in [-0.39, 0.29) is 11.2 Å². The summed E-state index contributed by atoms with van der Waals surface area (Å²) in [6.45, 7) is 0. The quantitative estimate of drug-likeness (QED) is 0.308. The minimum atomic E-state index is -0.479. The van der Waals surface area contributed by atoms with Crippen LogP contribution in [0, 0.1) is 10.1 Å². The Labute approximate surface area is 185 Å². The maximum Gasteiger partial charge on any atom is 0.291 e. The third-order valence-corrected chi connectivity index (χ3v) is 5.65. The van der Waals surface area contributed by atoms with Crippen LogP contribution in [0.1, 0.15) is 17.0 Å². The first kappa shape index (κ1) is 21.2. The Bertz CT molecular complexity index is 1400. The van der Waals surface area contributed by atoms with E-state index in [2.05, 4.69) is 10.1 Å². The van der Waals surface area contributed by atoms with Crippen LogP contribution in [0.5, 0.6) is 17.2 Å². The van der Waals surface area contributed by atoms with Gasteiger partial charge in [-0.3, -0.25) is 14.9 Å². The van der Waals surface area contributed by atoms with Crippen molar-refractivity contribution in [2.24, 2.45) is 0 Å². The fourth-order valence-corrected chi connectivity index (χ4v) is 4.18. The topological polar surface area (TPSA) is 118 Å². The van der Waals surface area contributed by atoms with Crippen LogP contribution in [0.3, 0.4) is 0 Å². The van der Waals surface area contributed by atoms with Crippen LogP contribution < -0.4 is 24.3 Å². The van der Waals surface area contributed by atoms with Gasteiger partial charge in [-0.2, -0.15) is 4.52 Å². The summed E-state index contributed by atoms with van der Waals surface area (Å²) in [6.07, 6.45) is 1.95. The van der Waals surface area contributed by atoms with Crippen LogP contribution in [-0.2, 0) is 6.42 Å². The molecule has 4 rings (SSSR count). The summed E-state index contributed by atoms with van der Waals surface area (Å²) >= 11 is 1.17. The number of rotatable bonds is 7. The van der Waals surface area contributed by atoms with Crippen molar-refractivity contribution in [3.63, 3.8) is 0 Å². The molecule has 0 unspecified atom stereocenters. The van der Waals surface area contributed by atoms with E-state index in [0.29, 0.717) is 44.6 Å². The molecule has 0 atom stereocenters. The third kappa shape index (κ3) is 3.97. The molecule has 4 aromatic rings. The molecule has 10 nitrogen and oxygen atoms in total. The van der Waals surface area contributed by atoms with Crippen molar-refractivity contribution in [1.29, 1.82) is 0 Å². The van der Waals surface area contributed by atoms with E-state index in [1.54, 1.807) is 30.3 Å². The molecule has 0 spiro atoms. The zero-order chi connectivity index (χ0) is 22.8. The van der Waals surface area contributed by atoms with Gasteiger partial charge < -0.3 is 14.2 Å². The number of non-ortho nitro benzene ring substituents is 1. The molecule has 2 heterocycles. The molecule has 32 heavy (non-hydrogen) atoms. The number of nitro groups is 1. The van der Waals surface area contributed by atoms with Crippen LogP contribution in [0.15, 0.2) is 41.2 Å². The number of aromatic nitrogens is 3. The maximum atomic E-state index is 12.8. The lowest BCUT2D eigenvalue weighted by Crippen LogP contribution is -2.23. The number of thiazole rings is 1. The molecular weight excluding hydrogens is 436 g/mol. The van der Waals surface area contributed by atoms with Crippen LogP contribution >= 0.6 is 11.3 Å². The Morgan fingerprint density at radius 2 is 1.84 bits per heavy atom. The van der Waals surface area contributed by atoms with Gasteiger partial charge in [-0.15, -0.1) is 5.10 Å². The zero-order valence-electron chi connectivity index (χ0n) is 17.4. The average Bonchev–Trinajstić information content (AvgIpc) is 3.31. The lowest BCUT2D eigenvalue weighted by Gasteiger charge is -2.13. The lowest BCUT2D eigenvalue weighted by molar-refractivity contribution is -0.384. The van der Waals surface area contributed by atoms with Gasteiger partial charge in [-0.05, 0) is 29.3 Å². The second-order valence-electron chi connectivity index (χ2n) is 6.70. The fourth-order valence-electron chi connectivity index (χ4n) is 3.25. The molecule has 0 amide bonds.